The number of thiazole rings is 1. The summed E-state index contributed by atoms with van der Waals surface area (Å²) in [6.07, 6.45) is 7.91. The van der Waals surface area contributed by atoms with Crippen molar-refractivity contribution in [1.82, 2.24) is 25.1 Å². The Morgan fingerprint density at radius 3 is 2.76 bits per heavy atom. The van der Waals surface area contributed by atoms with Gasteiger partial charge >= 0.3 is 0 Å². The number of nitrogens with one attached hydrogen (secondary N) is 1. The topological polar surface area (TPSA) is 72.7 Å². The largest absolute Gasteiger partial charge is 0.342 e. The molecule has 2 aromatic heterocycles. The predicted molar refractivity (Wildman–Crippen MR) is 116 cm³/mol. The molecule has 0 spiro atoms. The number of amides is 1. The molecule has 0 radical (unpaired) electrons. The van der Waals surface area contributed by atoms with Crippen LogP contribution in [0.3, 0.4) is 0 Å². The fourth-order valence-corrected chi connectivity index (χ4v) is 5.43. The summed E-state index contributed by atoms with van der Waals surface area (Å²) < 4.78 is 2.23. The first-order chi connectivity index (χ1) is 14.2. The first kappa shape index (κ1) is 20.1. The average molecular weight is 428 g/mol. The first-order valence-electron chi connectivity index (χ1n) is 10.0. The van der Waals surface area contributed by atoms with Crippen LogP contribution in [0.1, 0.15) is 60.6 Å². The summed E-state index contributed by atoms with van der Waals surface area (Å²) in [5, 5.41) is 15.4. The highest BCUT2D eigenvalue weighted by atomic mass is 32.2. The third-order valence-corrected chi connectivity index (χ3v) is 7.03. The molecular weight excluding hydrogens is 402 g/mol. The Morgan fingerprint density at radius 1 is 1.24 bits per heavy atom. The molecule has 1 atom stereocenters. The van der Waals surface area contributed by atoms with E-state index in [-0.39, 0.29) is 11.9 Å². The van der Waals surface area contributed by atoms with Crippen LogP contribution in [0.15, 0.2) is 47.1 Å². The SMILES string of the molecule is Cc1nnc(SCC(=O)NC(c2ccccc2)c2nccs2)n1C1CCCCC1. The number of nitrogens with zero attached hydrogens (tertiary/aromatic N) is 4. The minimum absolute atomic E-state index is 0.0325. The maximum Gasteiger partial charge on any atom is 0.231 e. The summed E-state index contributed by atoms with van der Waals surface area (Å²) in [5.74, 6) is 1.21. The molecule has 152 valence electrons. The molecule has 1 fully saturated rings. The zero-order chi connectivity index (χ0) is 20.1. The number of hydrogen-bond donors (Lipinski definition) is 1. The number of carbonyl (C=O) groups excluding carboxylic acids is 1. The van der Waals surface area contributed by atoms with Crippen LogP contribution < -0.4 is 5.32 Å². The molecule has 1 saturated carbocycles. The van der Waals surface area contributed by atoms with E-state index in [1.165, 1.54) is 43.9 Å². The summed E-state index contributed by atoms with van der Waals surface area (Å²) in [6.45, 7) is 2.00. The van der Waals surface area contributed by atoms with Gasteiger partial charge < -0.3 is 9.88 Å². The van der Waals surface area contributed by atoms with Gasteiger partial charge in [-0.05, 0) is 25.3 Å². The van der Waals surface area contributed by atoms with Crippen molar-refractivity contribution in [3.8, 4) is 0 Å². The molecule has 1 aromatic carbocycles. The van der Waals surface area contributed by atoms with Gasteiger partial charge in [0, 0.05) is 17.6 Å². The van der Waals surface area contributed by atoms with Crippen LogP contribution in [0.5, 0.6) is 0 Å². The van der Waals surface area contributed by atoms with E-state index in [0.29, 0.717) is 11.8 Å². The third-order valence-electron chi connectivity index (χ3n) is 5.24. The molecule has 3 aromatic rings. The number of rotatable bonds is 7. The number of hydrogen-bond acceptors (Lipinski definition) is 6. The smallest absolute Gasteiger partial charge is 0.231 e. The summed E-state index contributed by atoms with van der Waals surface area (Å²) in [6, 6.07) is 10.2. The van der Waals surface area contributed by atoms with Gasteiger partial charge in [-0.2, -0.15) is 0 Å². The molecule has 1 N–H and O–H groups in total. The van der Waals surface area contributed by atoms with E-state index in [9.17, 15) is 4.79 Å². The van der Waals surface area contributed by atoms with Crippen LogP contribution in [0, 0.1) is 6.92 Å². The molecule has 6 nitrogen and oxygen atoms in total. The van der Waals surface area contributed by atoms with Gasteiger partial charge in [-0.3, -0.25) is 4.79 Å². The second-order valence-corrected chi connectivity index (χ2v) is 9.13. The minimum atomic E-state index is -0.234. The van der Waals surface area contributed by atoms with Gasteiger partial charge in [-0.1, -0.05) is 61.4 Å². The second-order valence-electron chi connectivity index (χ2n) is 7.26. The summed E-state index contributed by atoms with van der Waals surface area (Å²) in [5.41, 5.74) is 1.03. The van der Waals surface area contributed by atoms with E-state index in [1.54, 1.807) is 17.5 Å². The van der Waals surface area contributed by atoms with Crippen LogP contribution in [0.25, 0.3) is 0 Å². The Kier molecular flexibility index (Phi) is 6.61. The van der Waals surface area contributed by atoms with Crippen LogP contribution in [0.4, 0.5) is 0 Å². The third kappa shape index (κ3) is 4.87. The zero-order valence-corrected chi connectivity index (χ0v) is 18.1. The van der Waals surface area contributed by atoms with Crippen molar-refractivity contribution in [2.45, 2.75) is 56.3 Å². The normalized spacial score (nSPS) is 15.9. The van der Waals surface area contributed by atoms with Crippen molar-refractivity contribution in [2.75, 3.05) is 5.75 Å². The van der Waals surface area contributed by atoms with Crippen LogP contribution >= 0.6 is 23.1 Å². The Balaban J connectivity index is 1.43. The first-order valence-corrected chi connectivity index (χ1v) is 11.9. The van der Waals surface area contributed by atoms with Gasteiger partial charge in [-0.15, -0.1) is 21.5 Å². The van der Waals surface area contributed by atoms with Crippen LogP contribution in [0.2, 0.25) is 0 Å². The molecule has 1 aliphatic carbocycles. The van der Waals surface area contributed by atoms with E-state index in [1.807, 2.05) is 42.6 Å². The van der Waals surface area contributed by atoms with Gasteiger partial charge in [0.15, 0.2) is 5.16 Å². The van der Waals surface area contributed by atoms with Crippen LogP contribution in [-0.2, 0) is 4.79 Å². The average Bonchev–Trinajstić information content (AvgIpc) is 3.42. The molecule has 29 heavy (non-hydrogen) atoms. The lowest BCUT2D eigenvalue weighted by Crippen LogP contribution is -2.30. The highest BCUT2D eigenvalue weighted by Crippen LogP contribution is 2.32. The molecule has 8 heteroatoms. The van der Waals surface area contributed by atoms with E-state index in [4.69, 9.17) is 0 Å². The number of aromatic nitrogens is 4. The number of benzene rings is 1. The quantitative estimate of drug-likeness (QED) is 0.560. The Labute approximate surface area is 179 Å². The van der Waals surface area contributed by atoms with Crippen LogP contribution in [-0.4, -0.2) is 31.4 Å². The lowest BCUT2D eigenvalue weighted by Gasteiger charge is -2.25. The lowest BCUT2D eigenvalue weighted by atomic mass is 9.95. The monoisotopic (exact) mass is 427 g/mol. The van der Waals surface area contributed by atoms with E-state index in [2.05, 4.69) is 25.1 Å². The molecule has 4 rings (SSSR count). The Bertz CT molecular complexity index is 920. The predicted octanol–water partition coefficient (Wildman–Crippen LogP) is 4.55. The molecule has 1 unspecified atom stereocenters. The number of thioether (sulfide) groups is 1. The zero-order valence-electron chi connectivity index (χ0n) is 16.5. The van der Waals surface area contributed by atoms with Crippen molar-refractivity contribution in [3.63, 3.8) is 0 Å². The highest BCUT2D eigenvalue weighted by Gasteiger charge is 2.23. The molecule has 2 heterocycles. The molecule has 0 aliphatic heterocycles. The van der Waals surface area contributed by atoms with Gasteiger partial charge in [-0.25, -0.2) is 4.98 Å². The maximum absolute atomic E-state index is 12.8. The second kappa shape index (κ2) is 9.54. The van der Waals surface area contributed by atoms with Crippen molar-refractivity contribution >= 4 is 29.0 Å². The fraction of sp³-hybridized carbons (Fsp3) is 0.429. The van der Waals surface area contributed by atoms with Crippen molar-refractivity contribution < 1.29 is 4.79 Å². The molecule has 1 amide bonds. The molecular formula is C21H25N5OS2. The minimum Gasteiger partial charge on any atom is -0.342 e. The molecule has 0 bridgehead atoms. The number of carbonyl (C=O) groups is 1. The Morgan fingerprint density at radius 2 is 2.03 bits per heavy atom. The van der Waals surface area contributed by atoms with Gasteiger partial charge in [0.1, 0.15) is 16.9 Å². The molecule has 1 aliphatic rings. The summed E-state index contributed by atoms with van der Waals surface area (Å²) in [4.78, 5) is 17.2. The fourth-order valence-electron chi connectivity index (χ4n) is 3.85. The summed E-state index contributed by atoms with van der Waals surface area (Å²) >= 11 is 3.01. The van der Waals surface area contributed by atoms with Gasteiger partial charge in [0.25, 0.3) is 0 Å². The van der Waals surface area contributed by atoms with Gasteiger partial charge in [0.05, 0.1) is 5.75 Å². The van der Waals surface area contributed by atoms with Crippen molar-refractivity contribution in [3.05, 3.63) is 58.3 Å². The van der Waals surface area contributed by atoms with E-state index in [0.717, 1.165) is 21.6 Å². The van der Waals surface area contributed by atoms with Gasteiger partial charge in [0.2, 0.25) is 5.91 Å². The Hall–Kier alpha value is -2.19. The highest BCUT2D eigenvalue weighted by molar-refractivity contribution is 7.99. The van der Waals surface area contributed by atoms with E-state index >= 15 is 0 Å². The van der Waals surface area contributed by atoms with Crippen molar-refractivity contribution in [1.29, 1.82) is 0 Å². The number of aryl methyl sites for hydroxylation is 1. The summed E-state index contributed by atoms with van der Waals surface area (Å²) in [7, 11) is 0. The maximum atomic E-state index is 12.8. The molecule has 0 saturated heterocycles. The van der Waals surface area contributed by atoms with Crippen molar-refractivity contribution in [2.24, 2.45) is 0 Å². The standard InChI is InChI=1S/C21H25N5OS2/c1-15-24-25-21(26(15)17-10-6-3-7-11-17)29-14-18(27)23-19(20-22-12-13-28-20)16-8-4-2-5-9-16/h2,4-5,8-9,12-13,17,19H,3,6-7,10-11,14H2,1H3,(H,23,27). The van der Waals surface area contributed by atoms with E-state index < -0.39 is 0 Å². The lowest BCUT2D eigenvalue weighted by molar-refractivity contribution is -0.119.